The SMILES string of the molecule is C[C@@]12C=C[C@@H](O1)[C@@H]1C(=O)N(c3ccc(Br)cc3[N+](=O)[O-])C(=O)[C@H]12. The summed E-state index contributed by atoms with van der Waals surface area (Å²) in [4.78, 5) is 37.2. The maximum Gasteiger partial charge on any atom is 0.294 e. The number of nitrogens with zero attached hydrogens (tertiary/aromatic N) is 2. The second-order valence-corrected chi connectivity index (χ2v) is 6.95. The summed E-state index contributed by atoms with van der Waals surface area (Å²) < 4.78 is 6.23. The summed E-state index contributed by atoms with van der Waals surface area (Å²) in [5.74, 6) is -2.13. The molecule has 23 heavy (non-hydrogen) atoms. The number of nitro benzene ring substituents is 1. The number of hydrogen-bond donors (Lipinski definition) is 0. The highest BCUT2D eigenvalue weighted by atomic mass is 79.9. The summed E-state index contributed by atoms with van der Waals surface area (Å²) in [7, 11) is 0. The van der Waals surface area contributed by atoms with Crippen molar-refractivity contribution in [2.24, 2.45) is 11.8 Å². The van der Waals surface area contributed by atoms with Gasteiger partial charge >= 0.3 is 0 Å². The van der Waals surface area contributed by atoms with Crippen LogP contribution in [0.25, 0.3) is 0 Å². The Kier molecular flexibility index (Phi) is 2.83. The first kappa shape index (κ1) is 14.5. The smallest absolute Gasteiger partial charge is 0.294 e. The summed E-state index contributed by atoms with van der Waals surface area (Å²) in [6.07, 6.45) is 3.14. The minimum Gasteiger partial charge on any atom is -0.362 e. The van der Waals surface area contributed by atoms with Gasteiger partial charge in [-0.3, -0.25) is 19.7 Å². The predicted molar refractivity (Wildman–Crippen MR) is 82.7 cm³/mol. The van der Waals surface area contributed by atoms with E-state index in [0.717, 1.165) is 4.90 Å². The Morgan fingerprint density at radius 3 is 2.74 bits per heavy atom. The zero-order valence-electron chi connectivity index (χ0n) is 11.9. The molecule has 2 saturated heterocycles. The lowest BCUT2D eigenvalue weighted by Gasteiger charge is -2.24. The van der Waals surface area contributed by atoms with Gasteiger partial charge in [0, 0.05) is 10.5 Å². The highest BCUT2D eigenvalue weighted by Crippen LogP contribution is 2.53. The lowest BCUT2D eigenvalue weighted by molar-refractivity contribution is -0.384. The van der Waals surface area contributed by atoms with E-state index >= 15 is 0 Å². The number of benzene rings is 1. The Bertz CT molecular complexity index is 807. The molecule has 0 aromatic heterocycles. The van der Waals surface area contributed by atoms with Crippen LogP contribution in [0, 0.1) is 22.0 Å². The minimum atomic E-state index is -0.818. The van der Waals surface area contributed by atoms with Crippen LogP contribution in [0.1, 0.15) is 6.92 Å². The van der Waals surface area contributed by atoms with Crippen LogP contribution in [-0.4, -0.2) is 28.4 Å². The van der Waals surface area contributed by atoms with Crippen LogP contribution in [-0.2, 0) is 14.3 Å². The molecule has 2 bridgehead atoms. The van der Waals surface area contributed by atoms with Crippen molar-refractivity contribution in [2.75, 3.05) is 4.90 Å². The number of imide groups is 1. The molecule has 3 heterocycles. The molecule has 0 N–H and O–H groups in total. The monoisotopic (exact) mass is 378 g/mol. The van der Waals surface area contributed by atoms with Gasteiger partial charge in [0.25, 0.3) is 5.69 Å². The van der Waals surface area contributed by atoms with Crippen molar-refractivity contribution in [2.45, 2.75) is 18.6 Å². The predicted octanol–water partition coefficient (Wildman–Crippen LogP) is 2.19. The number of carbonyl (C=O) groups is 2. The summed E-state index contributed by atoms with van der Waals surface area (Å²) in [6.45, 7) is 1.76. The molecule has 3 aliphatic rings. The number of nitro groups is 1. The van der Waals surface area contributed by atoms with Crippen LogP contribution in [0.15, 0.2) is 34.8 Å². The van der Waals surface area contributed by atoms with Crippen molar-refractivity contribution in [3.8, 4) is 0 Å². The number of rotatable bonds is 2. The van der Waals surface area contributed by atoms with E-state index in [0.29, 0.717) is 4.47 Å². The van der Waals surface area contributed by atoms with E-state index in [1.165, 1.54) is 12.1 Å². The van der Waals surface area contributed by atoms with Crippen molar-refractivity contribution in [1.82, 2.24) is 0 Å². The summed E-state index contributed by atoms with van der Waals surface area (Å²) in [5.41, 5.74) is -1.10. The van der Waals surface area contributed by atoms with Crippen molar-refractivity contribution < 1.29 is 19.2 Å². The third kappa shape index (κ3) is 1.79. The molecule has 1 aromatic rings. The molecule has 0 radical (unpaired) electrons. The fourth-order valence-corrected chi connectivity index (χ4v) is 4.07. The summed E-state index contributed by atoms with van der Waals surface area (Å²) >= 11 is 3.17. The quantitative estimate of drug-likeness (QED) is 0.340. The maximum atomic E-state index is 12.8. The molecule has 0 unspecified atom stereocenters. The van der Waals surface area contributed by atoms with Crippen molar-refractivity contribution in [1.29, 1.82) is 0 Å². The van der Waals surface area contributed by atoms with E-state index in [1.54, 1.807) is 25.1 Å². The van der Waals surface area contributed by atoms with Gasteiger partial charge in [0.15, 0.2) is 0 Å². The van der Waals surface area contributed by atoms with E-state index in [1.807, 2.05) is 0 Å². The fourth-order valence-electron chi connectivity index (χ4n) is 3.72. The standard InChI is InChI=1S/C15H11BrN2O5/c1-15-5-4-10(23-15)11-12(15)14(20)17(13(11)19)8-3-2-7(16)6-9(8)18(21)22/h2-6,10-12H,1H3/t10-,11+,12+,15+/m1/s1. The molecular formula is C15H11BrN2O5. The molecular weight excluding hydrogens is 368 g/mol. The normalized spacial score (nSPS) is 34.3. The Morgan fingerprint density at radius 1 is 1.35 bits per heavy atom. The van der Waals surface area contributed by atoms with Gasteiger partial charge in [0.2, 0.25) is 11.8 Å². The Hall–Kier alpha value is -2.06. The minimum absolute atomic E-state index is 0.00519. The lowest BCUT2D eigenvalue weighted by atomic mass is 9.78. The van der Waals surface area contributed by atoms with E-state index in [4.69, 9.17) is 4.74 Å². The highest BCUT2D eigenvalue weighted by molar-refractivity contribution is 9.10. The maximum absolute atomic E-state index is 12.8. The first-order valence-corrected chi connectivity index (χ1v) is 7.82. The van der Waals surface area contributed by atoms with E-state index < -0.39 is 40.3 Å². The van der Waals surface area contributed by atoms with Crippen LogP contribution in [0.4, 0.5) is 11.4 Å². The number of fused-ring (bicyclic) bond motifs is 5. The van der Waals surface area contributed by atoms with Gasteiger partial charge in [0.1, 0.15) is 5.69 Å². The molecule has 1 aromatic carbocycles. The zero-order valence-corrected chi connectivity index (χ0v) is 13.5. The molecule has 2 fully saturated rings. The Morgan fingerprint density at radius 2 is 2.09 bits per heavy atom. The van der Waals surface area contributed by atoms with Crippen molar-refractivity contribution >= 4 is 39.1 Å². The topological polar surface area (TPSA) is 89.8 Å². The molecule has 4 atom stereocenters. The number of hydrogen-bond acceptors (Lipinski definition) is 5. The zero-order chi connectivity index (χ0) is 16.5. The number of ether oxygens (including phenoxy) is 1. The van der Waals surface area contributed by atoms with Gasteiger partial charge < -0.3 is 4.74 Å². The Labute approximate surface area is 139 Å². The van der Waals surface area contributed by atoms with Crippen LogP contribution in [0.3, 0.4) is 0 Å². The van der Waals surface area contributed by atoms with Crippen LogP contribution < -0.4 is 4.90 Å². The second-order valence-electron chi connectivity index (χ2n) is 6.03. The van der Waals surface area contributed by atoms with Gasteiger partial charge in [-0.2, -0.15) is 0 Å². The average molecular weight is 379 g/mol. The van der Waals surface area contributed by atoms with Gasteiger partial charge in [-0.05, 0) is 19.1 Å². The molecule has 0 spiro atoms. The third-order valence-corrected chi connectivity index (χ3v) is 5.20. The summed E-state index contributed by atoms with van der Waals surface area (Å²) in [6, 6.07) is 4.27. The van der Waals surface area contributed by atoms with Crippen molar-refractivity contribution in [3.05, 3.63) is 44.9 Å². The van der Waals surface area contributed by atoms with Gasteiger partial charge in [0.05, 0.1) is 28.5 Å². The van der Waals surface area contributed by atoms with Crippen LogP contribution >= 0.6 is 15.9 Å². The van der Waals surface area contributed by atoms with E-state index in [-0.39, 0.29) is 11.4 Å². The number of carbonyl (C=O) groups excluding carboxylic acids is 2. The lowest BCUT2D eigenvalue weighted by Crippen LogP contribution is -2.38. The highest BCUT2D eigenvalue weighted by Gasteiger charge is 2.66. The van der Waals surface area contributed by atoms with E-state index in [9.17, 15) is 19.7 Å². The van der Waals surface area contributed by atoms with Gasteiger partial charge in [-0.1, -0.05) is 28.1 Å². The second kappa shape index (κ2) is 4.48. The third-order valence-electron chi connectivity index (χ3n) is 4.70. The summed E-state index contributed by atoms with van der Waals surface area (Å²) in [5, 5.41) is 11.3. The van der Waals surface area contributed by atoms with Gasteiger partial charge in [-0.25, -0.2) is 4.90 Å². The average Bonchev–Trinajstić information content (AvgIpc) is 3.09. The largest absolute Gasteiger partial charge is 0.362 e. The molecule has 118 valence electrons. The first-order chi connectivity index (χ1) is 10.8. The van der Waals surface area contributed by atoms with Crippen LogP contribution in [0.2, 0.25) is 0 Å². The van der Waals surface area contributed by atoms with Crippen LogP contribution in [0.5, 0.6) is 0 Å². The fraction of sp³-hybridized carbons (Fsp3) is 0.333. The molecule has 8 heteroatoms. The number of halogens is 1. The number of anilines is 1. The Balaban J connectivity index is 1.83. The molecule has 3 aliphatic heterocycles. The molecule has 2 amide bonds. The molecule has 7 nitrogen and oxygen atoms in total. The number of amides is 2. The van der Waals surface area contributed by atoms with Gasteiger partial charge in [-0.15, -0.1) is 0 Å². The molecule has 0 aliphatic carbocycles. The molecule has 4 rings (SSSR count). The van der Waals surface area contributed by atoms with Crippen molar-refractivity contribution in [3.63, 3.8) is 0 Å². The van der Waals surface area contributed by atoms with E-state index in [2.05, 4.69) is 15.9 Å². The molecule has 0 saturated carbocycles. The first-order valence-electron chi connectivity index (χ1n) is 7.02.